The third-order valence-electron chi connectivity index (χ3n) is 7.10. The number of hydrogen-bond donors (Lipinski definition) is 2. The van der Waals surface area contributed by atoms with Crippen LogP contribution in [-0.4, -0.2) is 35.2 Å². The molecule has 2 atom stereocenters. The summed E-state index contributed by atoms with van der Waals surface area (Å²) < 4.78 is 12.1. The molecule has 2 unspecified atom stereocenters. The van der Waals surface area contributed by atoms with Crippen LogP contribution in [0.1, 0.15) is 68.2 Å². The molecule has 0 bridgehead atoms. The van der Waals surface area contributed by atoms with Gasteiger partial charge in [0.05, 0.1) is 11.2 Å². The van der Waals surface area contributed by atoms with Gasteiger partial charge in [-0.3, -0.25) is 4.79 Å². The Morgan fingerprint density at radius 3 is 2.38 bits per heavy atom. The first kappa shape index (κ1) is 22.7. The normalized spacial score (nSPS) is 28.1. The molecule has 1 aromatic rings. The number of ether oxygens (including phenoxy) is 2. The Kier molecular flexibility index (Phi) is 5.37. The van der Waals surface area contributed by atoms with Gasteiger partial charge in [-0.2, -0.15) is 0 Å². The van der Waals surface area contributed by atoms with Gasteiger partial charge in [-0.05, 0) is 89.0 Å². The van der Waals surface area contributed by atoms with Gasteiger partial charge >= 0.3 is 5.97 Å². The van der Waals surface area contributed by atoms with Gasteiger partial charge in [-0.1, -0.05) is 24.3 Å². The van der Waals surface area contributed by atoms with Crippen molar-refractivity contribution in [2.24, 2.45) is 5.73 Å². The van der Waals surface area contributed by atoms with Gasteiger partial charge in [0.1, 0.15) is 11.1 Å². The van der Waals surface area contributed by atoms with E-state index in [0.29, 0.717) is 24.2 Å². The van der Waals surface area contributed by atoms with Crippen LogP contribution in [0.15, 0.2) is 30.0 Å². The fraction of sp³-hybridized carbons (Fsp3) is 0.538. The first-order valence-corrected chi connectivity index (χ1v) is 11.4. The van der Waals surface area contributed by atoms with E-state index < -0.39 is 17.0 Å². The highest BCUT2D eigenvalue weighted by Gasteiger charge is 2.56. The van der Waals surface area contributed by atoms with Crippen LogP contribution in [0.4, 0.5) is 0 Å². The van der Waals surface area contributed by atoms with Gasteiger partial charge in [-0.25, -0.2) is 4.79 Å². The van der Waals surface area contributed by atoms with Crippen molar-refractivity contribution in [3.05, 3.63) is 52.3 Å². The van der Waals surface area contributed by atoms with E-state index in [1.54, 1.807) is 13.8 Å². The molecule has 2 aliphatic heterocycles. The Balaban J connectivity index is 1.87. The van der Waals surface area contributed by atoms with E-state index in [1.165, 1.54) is 0 Å². The minimum atomic E-state index is -1.20. The Hall–Kier alpha value is -2.44. The van der Waals surface area contributed by atoms with Crippen molar-refractivity contribution in [3.8, 4) is 0 Å². The molecule has 2 fully saturated rings. The van der Waals surface area contributed by atoms with E-state index in [9.17, 15) is 9.59 Å². The largest absolute Gasteiger partial charge is 0.426 e. The third kappa shape index (κ3) is 3.59. The topological polar surface area (TPSA) is 90.6 Å². The van der Waals surface area contributed by atoms with Gasteiger partial charge in [-0.15, -0.1) is 0 Å². The number of rotatable bonds is 3. The number of benzene rings is 1. The van der Waals surface area contributed by atoms with E-state index in [2.05, 4.69) is 11.9 Å². The highest BCUT2D eigenvalue weighted by molar-refractivity contribution is 6.24. The summed E-state index contributed by atoms with van der Waals surface area (Å²) in [7, 11) is 0. The van der Waals surface area contributed by atoms with Crippen molar-refractivity contribution >= 4 is 17.4 Å². The first-order chi connectivity index (χ1) is 14.9. The molecule has 1 saturated carbocycles. The molecule has 1 aliphatic carbocycles. The quantitative estimate of drug-likeness (QED) is 0.554. The average Bonchev–Trinajstić information content (AvgIpc) is 3.22. The number of esters is 1. The van der Waals surface area contributed by atoms with Crippen molar-refractivity contribution in [3.63, 3.8) is 0 Å². The second-order valence-electron chi connectivity index (χ2n) is 10.4. The zero-order chi connectivity index (χ0) is 23.5. The number of aryl methyl sites for hydroxylation is 3. The molecule has 1 saturated heterocycles. The zero-order valence-corrected chi connectivity index (χ0v) is 19.8. The summed E-state index contributed by atoms with van der Waals surface area (Å²) in [6, 6.07) is 4.08. The molecule has 6 heteroatoms. The predicted molar refractivity (Wildman–Crippen MR) is 124 cm³/mol. The highest BCUT2D eigenvalue weighted by Crippen LogP contribution is 2.52. The standard InChI is InChI=1S/C26H34N2O4/c1-15-12-16(2)19(17(3)13-15)20-21(32-23(30)24(5,6)27)26(28-22(20)29)10-9-25(14-18(26)4)8-7-11-31-25/h12-13H,4,7-11,14,27H2,1-3,5-6H3,(H,28,29). The van der Waals surface area contributed by atoms with Crippen LogP contribution in [0.25, 0.3) is 5.57 Å². The third-order valence-corrected chi connectivity index (χ3v) is 7.10. The molecule has 0 aromatic heterocycles. The van der Waals surface area contributed by atoms with Crippen LogP contribution in [0.3, 0.4) is 0 Å². The minimum Gasteiger partial charge on any atom is -0.426 e. The number of nitrogens with one attached hydrogen (secondary N) is 1. The molecule has 172 valence electrons. The lowest BCUT2D eigenvalue weighted by molar-refractivity contribution is -0.145. The maximum absolute atomic E-state index is 13.5. The Morgan fingerprint density at radius 2 is 1.84 bits per heavy atom. The molecule has 0 radical (unpaired) electrons. The predicted octanol–water partition coefficient (Wildman–Crippen LogP) is 3.76. The molecule has 3 aliphatic rings. The van der Waals surface area contributed by atoms with Crippen LogP contribution in [0.5, 0.6) is 0 Å². The number of carbonyl (C=O) groups is 2. The summed E-state index contributed by atoms with van der Waals surface area (Å²) in [6.07, 6.45) is 3.96. The Morgan fingerprint density at radius 1 is 1.19 bits per heavy atom. The smallest absolute Gasteiger partial charge is 0.330 e. The van der Waals surface area contributed by atoms with E-state index in [1.807, 2.05) is 32.9 Å². The summed E-state index contributed by atoms with van der Waals surface area (Å²) in [6.45, 7) is 14.3. The van der Waals surface area contributed by atoms with Crippen LogP contribution in [-0.2, 0) is 19.1 Å². The molecular weight excluding hydrogens is 404 g/mol. The Labute approximate surface area is 190 Å². The van der Waals surface area contributed by atoms with Crippen LogP contribution in [0.2, 0.25) is 0 Å². The second kappa shape index (κ2) is 7.56. The van der Waals surface area contributed by atoms with E-state index in [0.717, 1.165) is 53.7 Å². The SMILES string of the molecule is C=C1CC2(CCCO2)CCC12NC(=O)C(c1c(C)cc(C)cc1C)=C2OC(=O)C(C)(C)N. The molecule has 2 spiro atoms. The van der Waals surface area contributed by atoms with E-state index >= 15 is 0 Å². The molecule has 1 aromatic carbocycles. The molecule has 6 nitrogen and oxygen atoms in total. The van der Waals surface area contributed by atoms with Crippen molar-refractivity contribution in [1.82, 2.24) is 5.32 Å². The minimum absolute atomic E-state index is 0.228. The monoisotopic (exact) mass is 438 g/mol. The lowest BCUT2D eigenvalue weighted by Crippen LogP contribution is -2.54. The highest BCUT2D eigenvalue weighted by atomic mass is 16.5. The Bertz CT molecular complexity index is 1020. The summed E-state index contributed by atoms with van der Waals surface area (Å²) in [5.74, 6) is -0.491. The molecule has 4 rings (SSSR count). The van der Waals surface area contributed by atoms with E-state index in [-0.39, 0.29) is 11.5 Å². The fourth-order valence-electron chi connectivity index (χ4n) is 5.53. The van der Waals surface area contributed by atoms with Crippen molar-refractivity contribution in [2.75, 3.05) is 6.61 Å². The van der Waals surface area contributed by atoms with Gasteiger partial charge in [0, 0.05) is 6.61 Å². The van der Waals surface area contributed by atoms with Crippen LogP contribution < -0.4 is 11.1 Å². The lowest BCUT2D eigenvalue weighted by Gasteiger charge is -2.44. The number of hydrogen-bond acceptors (Lipinski definition) is 5. The summed E-state index contributed by atoms with van der Waals surface area (Å²) in [5.41, 5.74) is 8.74. The molecule has 2 heterocycles. The first-order valence-electron chi connectivity index (χ1n) is 11.4. The second-order valence-corrected chi connectivity index (χ2v) is 10.4. The molecule has 3 N–H and O–H groups in total. The van der Waals surface area contributed by atoms with Crippen molar-refractivity contribution < 1.29 is 19.1 Å². The average molecular weight is 439 g/mol. The van der Waals surface area contributed by atoms with Gasteiger partial charge < -0.3 is 20.5 Å². The summed E-state index contributed by atoms with van der Waals surface area (Å²) >= 11 is 0. The lowest BCUT2D eigenvalue weighted by atomic mass is 9.69. The van der Waals surface area contributed by atoms with Crippen LogP contribution in [0, 0.1) is 20.8 Å². The van der Waals surface area contributed by atoms with Gasteiger partial charge in [0.2, 0.25) is 0 Å². The number of nitrogens with two attached hydrogens (primary N) is 1. The molecule has 1 amide bonds. The zero-order valence-electron chi connectivity index (χ0n) is 19.8. The van der Waals surface area contributed by atoms with Crippen molar-refractivity contribution in [2.45, 2.75) is 83.4 Å². The van der Waals surface area contributed by atoms with Gasteiger partial charge in [0.15, 0.2) is 5.76 Å². The number of carbonyl (C=O) groups excluding carboxylic acids is 2. The number of amides is 1. The molecule has 32 heavy (non-hydrogen) atoms. The maximum atomic E-state index is 13.5. The maximum Gasteiger partial charge on any atom is 0.330 e. The summed E-state index contributed by atoms with van der Waals surface area (Å²) in [5, 5.41) is 3.16. The van der Waals surface area contributed by atoms with Crippen LogP contribution >= 0.6 is 0 Å². The molecular formula is C26H34N2O4. The fourth-order valence-corrected chi connectivity index (χ4v) is 5.53. The van der Waals surface area contributed by atoms with Crippen molar-refractivity contribution in [1.29, 1.82) is 0 Å². The van der Waals surface area contributed by atoms with E-state index in [4.69, 9.17) is 15.2 Å². The summed E-state index contributed by atoms with van der Waals surface area (Å²) in [4.78, 5) is 26.4. The van der Waals surface area contributed by atoms with Gasteiger partial charge in [0.25, 0.3) is 5.91 Å².